The van der Waals surface area contributed by atoms with Gasteiger partial charge in [0.1, 0.15) is 12.2 Å². The van der Waals surface area contributed by atoms with Gasteiger partial charge in [0.05, 0.1) is 13.0 Å². The van der Waals surface area contributed by atoms with Crippen molar-refractivity contribution in [2.75, 3.05) is 7.11 Å². The lowest BCUT2D eigenvalue weighted by Crippen LogP contribution is -2.21. The number of carbonyl (C=O) groups excluding carboxylic acids is 3. The number of rotatable bonds is 4. The molecule has 0 bridgehead atoms. The zero-order valence-corrected chi connectivity index (χ0v) is 7.42. The van der Waals surface area contributed by atoms with Crippen LogP contribution in [0.3, 0.4) is 0 Å². The van der Waals surface area contributed by atoms with Crippen LogP contribution < -0.4 is 0 Å². The molecule has 1 atom stereocenters. The Labute approximate surface area is 70.9 Å². The van der Waals surface area contributed by atoms with Gasteiger partial charge in [0.25, 0.3) is 0 Å². The van der Waals surface area contributed by atoms with E-state index in [1.807, 2.05) is 0 Å². The monoisotopic (exact) mass is 172 g/mol. The molecular formula is C8H12O4. The van der Waals surface area contributed by atoms with Gasteiger partial charge >= 0.3 is 5.97 Å². The van der Waals surface area contributed by atoms with Crippen molar-refractivity contribution in [1.29, 1.82) is 0 Å². The summed E-state index contributed by atoms with van der Waals surface area (Å²) in [6.07, 6.45) is -0.322. The second-order valence-electron chi connectivity index (χ2n) is 2.55. The molecule has 0 unspecified atom stereocenters. The highest BCUT2D eigenvalue weighted by atomic mass is 16.5. The summed E-state index contributed by atoms with van der Waals surface area (Å²) in [5.41, 5.74) is 0. The Morgan fingerprint density at radius 3 is 2.17 bits per heavy atom. The molecule has 0 aliphatic carbocycles. The molecule has 0 rings (SSSR count). The van der Waals surface area contributed by atoms with Crippen molar-refractivity contribution >= 4 is 17.5 Å². The van der Waals surface area contributed by atoms with E-state index in [-0.39, 0.29) is 12.2 Å². The van der Waals surface area contributed by atoms with Gasteiger partial charge in [-0.2, -0.15) is 0 Å². The molecule has 0 amide bonds. The zero-order valence-electron chi connectivity index (χ0n) is 7.42. The Bertz CT molecular complexity index is 207. The van der Waals surface area contributed by atoms with Gasteiger partial charge in [0.15, 0.2) is 5.78 Å². The number of hydrogen-bond acceptors (Lipinski definition) is 4. The average molecular weight is 172 g/mol. The fraction of sp³-hybridized carbons (Fsp3) is 0.625. The second kappa shape index (κ2) is 4.64. The third-order valence-corrected chi connectivity index (χ3v) is 1.64. The summed E-state index contributed by atoms with van der Waals surface area (Å²) in [4.78, 5) is 32.3. The number of methoxy groups -OCH3 is 1. The smallest absolute Gasteiger partial charge is 0.313 e. The van der Waals surface area contributed by atoms with Crippen LogP contribution in [-0.2, 0) is 19.1 Å². The molecule has 0 N–H and O–H groups in total. The van der Waals surface area contributed by atoms with Crippen LogP contribution >= 0.6 is 0 Å². The number of esters is 1. The van der Waals surface area contributed by atoms with E-state index in [1.54, 1.807) is 0 Å². The lowest BCUT2D eigenvalue weighted by atomic mass is 10.0. The molecule has 0 saturated heterocycles. The van der Waals surface area contributed by atoms with Gasteiger partial charge in [-0.25, -0.2) is 0 Å². The third kappa shape index (κ3) is 3.27. The van der Waals surface area contributed by atoms with Gasteiger partial charge in [-0.1, -0.05) is 0 Å². The van der Waals surface area contributed by atoms with Crippen molar-refractivity contribution in [3.05, 3.63) is 0 Å². The number of carbonyl (C=O) groups is 3. The van der Waals surface area contributed by atoms with Gasteiger partial charge in [0.2, 0.25) is 0 Å². The van der Waals surface area contributed by atoms with E-state index >= 15 is 0 Å². The molecule has 0 spiro atoms. The molecule has 0 aromatic rings. The van der Waals surface area contributed by atoms with E-state index in [2.05, 4.69) is 4.74 Å². The van der Waals surface area contributed by atoms with Crippen molar-refractivity contribution in [2.24, 2.45) is 5.92 Å². The first kappa shape index (κ1) is 10.8. The first-order valence-corrected chi connectivity index (χ1v) is 3.59. The minimum absolute atomic E-state index is 0.232. The molecule has 0 radical (unpaired) electrons. The highest BCUT2D eigenvalue weighted by Crippen LogP contribution is 2.02. The van der Waals surface area contributed by atoms with Crippen LogP contribution in [0, 0.1) is 5.92 Å². The van der Waals surface area contributed by atoms with Gasteiger partial charge in [-0.3, -0.25) is 14.4 Å². The molecule has 12 heavy (non-hydrogen) atoms. The Hall–Kier alpha value is -1.19. The lowest BCUT2D eigenvalue weighted by molar-refractivity contribution is -0.144. The molecule has 0 aromatic carbocycles. The Kier molecular flexibility index (Phi) is 4.18. The maximum absolute atomic E-state index is 11.0. The van der Waals surface area contributed by atoms with Crippen molar-refractivity contribution in [3.8, 4) is 0 Å². The fourth-order valence-corrected chi connectivity index (χ4v) is 0.594. The Morgan fingerprint density at radius 1 is 1.33 bits per heavy atom. The van der Waals surface area contributed by atoms with Crippen molar-refractivity contribution in [1.82, 2.24) is 0 Å². The zero-order chi connectivity index (χ0) is 9.72. The molecule has 4 nitrogen and oxygen atoms in total. The standard InChI is InChI=1S/C8H12O4/c1-5(6(2)9)7(10)4-8(11)12-3/h5H,4H2,1-3H3/t5-/m0/s1. The van der Waals surface area contributed by atoms with Crippen molar-refractivity contribution in [3.63, 3.8) is 0 Å². The quantitative estimate of drug-likeness (QED) is 0.453. The Morgan fingerprint density at radius 2 is 1.83 bits per heavy atom. The maximum atomic E-state index is 11.0. The SMILES string of the molecule is COC(=O)CC(=O)[C@@H](C)C(C)=O. The molecular weight excluding hydrogens is 160 g/mol. The van der Waals surface area contributed by atoms with Crippen LogP contribution in [0.25, 0.3) is 0 Å². The average Bonchev–Trinajstić information content (AvgIpc) is 2.02. The van der Waals surface area contributed by atoms with Crippen LogP contribution in [0.15, 0.2) is 0 Å². The first-order chi connectivity index (χ1) is 5.49. The summed E-state index contributed by atoms with van der Waals surface area (Å²) in [5, 5.41) is 0. The molecule has 0 heterocycles. The number of ketones is 2. The second-order valence-corrected chi connectivity index (χ2v) is 2.55. The predicted octanol–water partition coefficient (Wildman–Crippen LogP) is 0.344. The largest absolute Gasteiger partial charge is 0.469 e. The summed E-state index contributed by atoms with van der Waals surface area (Å²) in [5.74, 6) is -1.93. The minimum atomic E-state index is -0.705. The van der Waals surface area contributed by atoms with Gasteiger partial charge in [-0.05, 0) is 13.8 Å². The van der Waals surface area contributed by atoms with E-state index in [9.17, 15) is 14.4 Å². The topological polar surface area (TPSA) is 60.4 Å². The van der Waals surface area contributed by atoms with E-state index in [1.165, 1.54) is 21.0 Å². The molecule has 0 aliphatic rings. The van der Waals surface area contributed by atoms with Gasteiger partial charge in [0, 0.05) is 0 Å². The molecule has 0 saturated carbocycles. The molecule has 0 aliphatic heterocycles. The van der Waals surface area contributed by atoms with Crippen LogP contribution in [0.5, 0.6) is 0 Å². The normalized spacial score (nSPS) is 11.9. The van der Waals surface area contributed by atoms with E-state index < -0.39 is 17.7 Å². The number of ether oxygens (including phenoxy) is 1. The highest BCUT2D eigenvalue weighted by Gasteiger charge is 2.20. The summed E-state index contributed by atoms with van der Waals surface area (Å²) in [6.45, 7) is 2.80. The molecule has 0 fully saturated rings. The van der Waals surface area contributed by atoms with Crippen molar-refractivity contribution < 1.29 is 19.1 Å². The van der Waals surface area contributed by atoms with Crippen LogP contribution in [0.1, 0.15) is 20.3 Å². The summed E-state index contributed by atoms with van der Waals surface area (Å²) >= 11 is 0. The lowest BCUT2D eigenvalue weighted by Gasteiger charge is -2.04. The number of hydrogen-bond donors (Lipinski definition) is 0. The van der Waals surface area contributed by atoms with E-state index in [4.69, 9.17) is 0 Å². The summed E-state index contributed by atoms with van der Waals surface area (Å²) < 4.78 is 4.28. The van der Waals surface area contributed by atoms with E-state index in [0.29, 0.717) is 0 Å². The molecule has 4 heteroatoms. The van der Waals surface area contributed by atoms with E-state index in [0.717, 1.165) is 0 Å². The van der Waals surface area contributed by atoms with Gasteiger partial charge < -0.3 is 4.74 Å². The van der Waals surface area contributed by atoms with Gasteiger partial charge in [-0.15, -0.1) is 0 Å². The fourth-order valence-electron chi connectivity index (χ4n) is 0.594. The minimum Gasteiger partial charge on any atom is -0.469 e. The van der Waals surface area contributed by atoms with Crippen LogP contribution in [0.4, 0.5) is 0 Å². The summed E-state index contributed by atoms with van der Waals surface area (Å²) in [7, 11) is 1.20. The first-order valence-electron chi connectivity index (χ1n) is 3.59. The molecule has 0 aromatic heterocycles. The Balaban J connectivity index is 4.04. The number of Topliss-reactive ketones (excluding diaryl/α,β-unsaturated/α-hetero) is 2. The van der Waals surface area contributed by atoms with Crippen LogP contribution in [-0.4, -0.2) is 24.6 Å². The maximum Gasteiger partial charge on any atom is 0.313 e. The predicted molar refractivity (Wildman–Crippen MR) is 41.5 cm³/mol. The molecule has 68 valence electrons. The summed E-state index contributed by atoms with van der Waals surface area (Å²) in [6, 6.07) is 0. The third-order valence-electron chi connectivity index (χ3n) is 1.64. The highest BCUT2D eigenvalue weighted by molar-refractivity contribution is 6.07. The van der Waals surface area contributed by atoms with Crippen molar-refractivity contribution in [2.45, 2.75) is 20.3 Å². The van der Waals surface area contributed by atoms with Crippen LogP contribution in [0.2, 0.25) is 0 Å².